The van der Waals surface area contributed by atoms with E-state index in [9.17, 15) is 4.79 Å². The van der Waals surface area contributed by atoms with Crippen LogP contribution in [0.5, 0.6) is 0 Å². The first-order valence-electron chi connectivity index (χ1n) is 5.30. The zero-order chi connectivity index (χ0) is 12.1. The Kier molecular flexibility index (Phi) is 4.10. The van der Waals surface area contributed by atoms with Gasteiger partial charge in [-0.2, -0.15) is 0 Å². The first-order valence-corrected chi connectivity index (χ1v) is 5.30. The van der Waals surface area contributed by atoms with E-state index in [1.807, 2.05) is 0 Å². The monoisotopic (exact) mass is 223 g/mol. The van der Waals surface area contributed by atoms with Crippen LogP contribution in [-0.2, 0) is 0 Å². The fourth-order valence-corrected chi connectivity index (χ4v) is 1.51. The average Bonchev–Trinajstić information content (AvgIpc) is 2.16. The van der Waals surface area contributed by atoms with Crippen LogP contribution in [0.1, 0.15) is 35.8 Å². The third kappa shape index (κ3) is 2.85. The highest BCUT2D eigenvalue weighted by Crippen LogP contribution is 2.21. The van der Waals surface area contributed by atoms with Crippen LogP contribution in [0.15, 0.2) is 6.07 Å². The van der Waals surface area contributed by atoms with E-state index in [0.29, 0.717) is 17.2 Å². The Labute approximate surface area is 94.7 Å². The molecule has 0 atom stereocenters. The summed E-state index contributed by atoms with van der Waals surface area (Å²) >= 11 is 0. The second-order valence-corrected chi connectivity index (χ2v) is 3.64. The van der Waals surface area contributed by atoms with Gasteiger partial charge in [0.15, 0.2) is 0 Å². The van der Waals surface area contributed by atoms with Crippen LogP contribution in [0.3, 0.4) is 0 Å². The molecule has 0 saturated heterocycles. The van der Waals surface area contributed by atoms with E-state index in [0.717, 1.165) is 19.4 Å². The Balaban J connectivity index is 2.99. The second kappa shape index (κ2) is 5.34. The van der Waals surface area contributed by atoms with Gasteiger partial charge in [-0.25, -0.2) is 9.78 Å². The van der Waals surface area contributed by atoms with Gasteiger partial charge in [-0.1, -0.05) is 13.3 Å². The summed E-state index contributed by atoms with van der Waals surface area (Å²) in [4.78, 5) is 15.0. The molecule has 1 aromatic rings. The summed E-state index contributed by atoms with van der Waals surface area (Å²) < 4.78 is 0. The highest BCUT2D eigenvalue weighted by atomic mass is 16.4. The van der Waals surface area contributed by atoms with E-state index in [1.165, 1.54) is 0 Å². The molecule has 1 aromatic heterocycles. The summed E-state index contributed by atoms with van der Waals surface area (Å²) in [6, 6.07) is 1.56. The summed E-state index contributed by atoms with van der Waals surface area (Å²) in [6.45, 7) is 4.45. The third-order valence-electron chi connectivity index (χ3n) is 2.28. The van der Waals surface area contributed by atoms with Crippen LogP contribution in [0.4, 0.5) is 11.5 Å². The maximum Gasteiger partial charge on any atom is 0.339 e. The number of nitrogens with zero attached hydrogens (tertiary/aromatic N) is 1. The minimum absolute atomic E-state index is 0.199. The van der Waals surface area contributed by atoms with Gasteiger partial charge in [0.25, 0.3) is 0 Å². The van der Waals surface area contributed by atoms with Gasteiger partial charge in [-0.15, -0.1) is 0 Å². The Morgan fingerprint density at radius 3 is 2.88 bits per heavy atom. The highest BCUT2D eigenvalue weighted by molar-refractivity contribution is 5.95. The normalized spacial score (nSPS) is 10.1. The lowest BCUT2D eigenvalue weighted by Crippen LogP contribution is -2.11. The number of carboxylic acids is 1. The molecule has 0 bridgehead atoms. The van der Waals surface area contributed by atoms with Crippen molar-refractivity contribution < 1.29 is 9.90 Å². The van der Waals surface area contributed by atoms with Gasteiger partial charge in [-0.3, -0.25) is 0 Å². The fourth-order valence-electron chi connectivity index (χ4n) is 1.51. The summed E-state index contributed by atoms with van der Waals surface area (Å²) in [5.41, 5.74) is 6.77. The summed E-state index contributed by atoms with van der Waals surface area (Å²) in [6.07, 6.45) is 2.04. The predicted octanol–water partition coefficient (Wildman–Crippen LogP) is 1.88. The molecule has 0 aliphatic rings. The van der Waals surface area contributed by atoms with Crippen molar-refractivity contribution in [2.45, 2.75) is 26.7 Å². The SMILES string of the molecule is CCCCNc1cc(N)nc(C)c1C(=O)O. The Morgan fingerprint density at radius 1 is 1.62 bits per heavy atom. The minimum Gasteiger partial charge on any atom is -0.478 e. The van der Waals surface area contributed by atoms with E-state index in [2.05, 4.69) is 17.2 Å². The van der Waals surface area contributed by atoms with Crippen molar-refractivity contribution in [2.75, 3.05) is 17.6 Å². The van der Waals surface area contributed by atoms with Gasteiger partial charge in [0.05, 0.1) is 11.4 Å². The molecule has 0 unspecified atom stereocenters. The summed E-state index contributed by atoms with van der Waals surface area (Å²) in [5.74, 6) is -0.648. The van der Waals surface area contributed by atoms with Crippen molar-refractivity contribution in [1.29, 1.82) is 0 Å². The molecule has 0 aliphatic carbocycles. The zero-order valence-corrected chi connectivity index (χ0v) is 9.58. The number of carboxylic acid groups (broad SMARTS) is 1. The number of unbranched alkanes of at least 4 members (excludes halogenated alkanes) is 1. The van der Waals surface area contributed by atoms with Crippen molar-refractivity contribution in [1.82, 2.24) is 4.98 Å². The second-order valence-electron chi connectivity index (χ2n) is 3.64. The standard InChI is InChI=1S/C11H17N3O2/c1-3-4-5-13-8-6-9(12)14-7(2)10(8)11(15)16/h6H,3-5H2,1-2H3,(H,15,16)(H3,12,13,14). The smallest absolute Gasteiger partial charge is 0.339 e. The number of hydrogen-bond donors (Lipinski definition) is 3. The quantitative estimate of drug-likeness (QED) is 0.663. The number of aromatic carboxylic acids is 1. The molecule has 16 heavy (non-hydrogen) atoms. The van der Waals surface area contributed by atoms with Crippen LogP contribution in [0.25, 0.3) is 0 Å². The molecule has 0 saturated carbocycles. The van der Waals surface area contributed by atoms with Crippen LogP contribution in [0.2, 0.25) is 0 Å². The number of nitrogens with one attached hydrogen (secondary N) is 1. The number of anilines is 2. The first kappa shape index (κ1) is 12.3. The van der Waals surface area contributed by atoms with Crippen LogP contribution in [-0.4, -0.2) is 22.6 Å². The molecule has 0 amide bonds. The average molecular weight is 223 g/mol. The molecule has 1 rings (SSSR count). The molecule has 0 radical (unpaired) electrons. The van der Waals surface area contributed by atoms with Gasteiger partial charge >= 0.3 is 5.97 Å². The molecular formula is C11H17N3O2. The van der Waals surface area contributed by atoms with Crippen molar-refractivity contribution in [3.63, 3.8) is 0 Å². The molecular weight excluding hydrogens is 206 g/mol. The molecule has 4 N–H and O–H groups in total. The number of aryl methyl sites for hydroxylation is 1. The van der Waals surface area contributed by atoms with Gasteiger partial charge < -0.3 is 16.2 Å². The van der Waals surface area contributed by atoms with E-state index >= 15 is 0 Å². The molecule has 0 aromatic carbocycles. The third-order valence-corrected chi connectivity index (χ3v) is 2.28. The molecule has 0 aliphatic heterocycles. The van der Waals surface area contributed by atoms with Gasteiger partial charge in [0.1, 0.15) is 11.4 Å². The fraction of sp³-hybridized carbons (Fsp3) is 0.455. The van der Waals surface area contributed by atoms with Crippen LogP contribution < -0.4 is 11.1 Å². The van der Waals surface area contributed by atoms with Crippen molar-refractivity contribution >= 4 is 17.5 Å². The largest absolute Gasteiger partial charge is 0.478 e. The van der Waals surface area contributed by atoms with Crippen molar-refractivity contribution in [3.8, 4) is 0 Å². The number of nitrogen functional groups attached to an aromatic ring is 1. The molecule has 1 heterocycles. The first-order chi connectivity index (χ1) is 7.56. The molecule has 5 heteroatoms. The Morgan fingerprint density at radius 2 is 2.31 bits per heavy atom. The number of hydrogen-bond acceptors (Lipinski definition) is 4. The van der Waals surface area contributed by atoms with Gasteiger partial charge in [-0.05, 0) is 13.3 Å². The molecule has 0 fully saturated rings. The maximum atomic E-state index is 11.1. The van der Waals surface area contributed by atoms with E-state index in [-0.39, 0.29) is 5.56 Å². The van der Waals surface area contributed by atoms with Gasteiger partial charge in [0, 0.05) is 12.6 Å². The maximum absolute atomic E-state index is 11.1. The molecule has 88 valence electrons. The number of rotatable bonds is 5. The number of pyridine rings is 1. The van der Waals surface area contributed by atoms with Crippen LogP contribution >= 0.6 is 0 Å². The van der Waals surface area contributed by atoms with Gasteiger partial charge in [0.2, 0.25) is 0 Å². The Hall–Kier alpha value is -1.78. The molecule has 5 nitrogen and oxygen atoms in total. The van der Waals surface area contributed by atoms with Crippen molar-refractivity contribution in [3.05, 3.63) is 17.3 Å². The summed E-state index contributed by atoms with van der Waals surface area (Å²) in [5, 5.41) is 12.1. The minimum atomic E-state index is -0.982. The van der Waals surface area contributed by atoms with Crippen LogP contribution in [0, 0.1) is 6.92 Å². The van der Waals surface area contributed by atoms with E-state index in [1.54, 1.807) is 13.0 Å². The zero-order valence-electron chi connectivity index (χ0n) is 9.58. The number of carbonyl (C=O) groups is 1. The van der Waals surface area contributed by atoms with E-state index in [4.69, 9.17) is 10.8 Å². The molecule has 0 spiro atoms. The summed E-state index contributed by atoms with van der Waals surface area (Å²) in [7, 11) is 0. The highest BCUT2D eigenvalue weighted by Gasteiger charge is 2.15. The predicted molar refractivity (Wildman–Crippen MR) is 63.7 cm³/mol. The van der Waals surface area contributed by atoms with Crippen molar-refractivity contribution in [2.24, 2.45) is 0 Å². The lowest BCUT2D eigenvalue weighted by atomic mass is 10.1. The Bertz CT molecular complexity index is 391. The van der Waals surface area contributed by atoms with E-state index < -0.39 is 5.97 Å². The number of nitrogens with two attached hydrogens (primary N) is 1. The lowest BCUT2D eigenvalue weighted by molar-refractivity contribution is 0.0696. The lowest BCUT2D eigenvalue weighted by Gasteiger charge is -2.11. The topological polar surface area (TPSA) is 88.2 Å². The number of aromatic nitrogens is 1.